The van der Waals surface area contributed by atoms with Gasteiger partial charge < -0.3 is 19.5 Å². The average Bonchev–Trinajstić information content (AvgIpc) is 2.81. The lowest BCUT2D eigenvalue weighted by molar-refractivity contribution is 0.0320. The Morgan fingerprint density at radius 3 is 2.56 bits per heavy atom. The second-order valence-electron chi connectivity index (χ2n) is 7.79. The first-order chi connectivity index (χ1) is 15.7. The molecule has 1 aliphatic rings. The number of phenols is 1. The van der Waals surface area contributed by atoms with Crippen LogP contribution < -0.4 is 15.1 Å². The molecule has 0 bridgehead atoms. The molecule has 2 N–H and O–H groups in total. The number of rotatable bonds is 12. The smallest absolute Gasteiger partial charge is 0.215 e. The number of phenolic OH excluding ortho intramolecular Hbond substituents is 1. The van der Waals surface area contributed by atoms with E-state index in [0.29, 0.717) is 12.5 Å². The fourth-order valence-corrected chi connectivity index (χ4v) is 3.56. The summed E-state index contributed by atoms with van der Waals surface area (Å²) in [4.78, 5) is 9.35. The maximum atomic E-state index is 9.41. The first-order valence-corrected chi connectivity index (χ1v) is 11.5. The van der Waals surface area contributed by atoms with Crippen molar-refractivity contribution < 1.29 is 14.6 Å². The van der Waals surface area contributed by atoms with E-state index in [-0.39, 0.29) is 5.75 Å². The van der Waals surface area contributed by atoms with Gasteiger partial charge in [-0.3, -0.25) is 10.3 Å². The van der Waals surface area contributed by atoms with Gasteiger partial charge in [0.05, 0.1) is 30.8 Å². The summed E-state index contributed by atoms with van der Waals surface area (Å²) in [5.74, 6) is 0.832. The second-order valence-corrected chi connectivity index (χ2v) is 7.79. The standard InChI is InChI=1S/C24H35N5O3/c1-3-9-29(10-4-2)22-17-21(19-25-27-20-5-7-23(30)8-6-20)26-24(18-22)32-16-13-28-11-14-31-15-12-28/h5-8,17-19,27,30H,3-4,9-16H2,1-2H3/b25-19+. The number of morpholine rings is 1. The lowest BCUT2D eigenvalue weighted by Crippen LogP contribution is -2.38. The summed E-state index contributed by atoms with van der Waals surface area (Å²) >= 11 is 0. The number of anilines is 2. The van der Waals surface area contributed by atoms with Crippen LogP contribution in [0.3, 0.4) is 0 Å². The van der Waals surface area contributed by atoms with E-state index in [4.69, 9.17) is 9.47 Å². The fourth-order valence-electron chi connectivity index (χ4n) is 3.56. The van der Waals surface area contributed by atoms with Crippen molar-refractivity contribution in [3.05, 3.63) is 42.1 Å². The summed E-state index contributed by atoms with van der Waals surface area (Å²) in [7, 11) is 0. The summed E-state index contributed by atoms with van der Waals surface area (Å²) < 4.78 is 11.5. The van der Waals surface area contributed by atoms with Crippen LogP contribution in [0.4, 0.5) is 11.4 Å². The van der Waals surface area contributed by atoms with E-state index in [0.717, 1.165) is 75.8 Å². The van der Waals surface area contributed by atoms with E-state index in [1.54, 1.807) is 30.5 Å². The van der Waals surface area contributed by atoms with Crippen molar-refractivity contribution in [2.24, 2.45) is 5.10 Å². The van der Waals surface area contributed by atoms with E-state index in [1.165, 1.54) is 0 Å². The summed E-state index contributed by atoms with van der Waals surface area (Å²) in [5, 5.41) is 13.7. The largest absolute Gasteiger partial charge is 0.508 e. The number of nitrogens with zero attached hydrogens (tertiary/aromatic N) is 4. The van der Waals surface area contributed by atoms with Gasteiger partial charge in [-0.25, -0.2) is 4.98 Å². The molecule has 174 valence electrons. The Balaban J connectivity index is 1.70. The second kappa shape index (κ2) is 12.9. The van der Waals surface area contributed by atoms with Gasteiger partial charge in [-0.2, -0.15) is 5.10 Å². The van der Waals surface area contributed by atoms with Crippen LogP contribution in [0.5, 0.6) is 11.6 Å². The third kappa shape index (κ3) is 7.69. The highest BCUT2D eigenvalue weighted by atomic mass is 16.5. The molecule has 1 fully saturated rings. The molecule has 2 heterocycles. The summed E-state index contributed by atoms with van der Waals surface area (Å²) in [5.41, 5.74) is 5.58. The summed E-state index contributed by atoms with van der Waals surface area (Å²) in [6, 6.07) is 10.8. The number of benzene rings is 1. The van der Waals surface area contributed by atoms with E-state index >= 15 is 0 Å². The Morgan fingerprint density at radius 2 is 1.88 bits per heavy atom. The van der Waals surface area contributed by atoms with E-state index in [2.05, 4.69) is 39.2 Å². The number of aromatic nitrogens is 1. The molecule has 0 unspecified atom stereocenters. The van der Waals surface area contributed by atoms with Gasteiger partial charge in [-0.15, -0.1) is 0 Å². The molecule has 0 atom stereocenters. The van der Waals surface area contributed by atoms with Crippen LogP contribution in [0.2, 0.25) is 0 Å². The van der Waals surface area contributed by atoms with Gasteiger partial charge >= 0.3 is 0 Å². The van der Waals surface area contributed by atoms with Gasteiger partial charge in [0.15, 0.2) is 0 Å². The Kier molecular flexibility index (Phi) is 9.59. The number of aromatic hydroxyl groups is 1. The van der Waals surface area contributed by atoms with E-state index in [9.17, 15) is 5.11 Å². The van der Waals surface area contributed by atoms with Crippen LogP contribution in [0.1, 0.15) is 32.4 Å². The average molecular weight is 442 g/mol. The molecule has 1 saturated heterocycles. The van der Waals surface area contributed by atoms with Crippen molar-refractivity contribution in [1.82, 2.24) is 9.88 Å². The SMILES string of the molecule is CCCN(CCC)c1cc(/C=N/Nc2ccc(O)cc2)nc(OCCN2CCOCC2)c1. The Labute approximate surface area is 190 Å². The monoisotopic (exact) mass is 441 g/mol. The van der Waals surface area contributed by atoms with Crippen LogP contribution in [-0.4, -0.2) is 73.7 Å². The molecular formula is C24H35N5O3. The maximum Gasteiger partial charge on any atom is 0.215 e. The van der Waals surface area contributed by atoms with Crippen LogP contribution in [0.15, 0.2) is 41.5 Å². The predicted molar refractivity (Wildman–Crippen MR) is 129 cm³/mol. The molecule has 32 heavy (non-hydrogen) atoms. The fraction of sp³-hybridized carbons (Fsp3) is 0.500. The van der Waals surface area contributed by atoms with Crippen LogP contribution in [0.25, 0.3) is 0 Å². The van der Waals surface area contributed by atoms with Crippen molar-refractivity contribution in [2.75, 3.05) is 62.9 Å². The van der Waals surface area contributed by atoms with Crippen molar-refractivity contribution in [1.29, 1.82) is 0 Å². The number of hydrazone groups is 1. The quantitative estimate of drug-likeness (QED) is 0.296. The number of ether oxygens (including phenoxy) is 2. The third-order valence-corrected chi connectivity index (χ3v) is 5.18. The topological polar surface area (TPSA) is 82.5 Å². The lowest BCUT2D eigenvalue weighted by atomic mass is 10.2. The van der Waals surface area contributed by atoms with Gasteiger partial charge in [0.25, 0.3) is 0 Å². The Hall–Kier alpha value is -2.84. The first kappa shape index (κ1) is 23.8. The number of hydrogen-bond donors (Lipinski definition) is 2. The summed E-state index contributed by atoms with van der Waals surface area (Å²) in [6.07, 6.45) is 3.84. The zero-order valence-electron chi connectivity index (χ0n) is 19.2. The van der Waals surface area contributed by atoms with E-state index in [1.807, 2.05) is 12.1 Å². The van der Waals surface area contributed by atoms with Crippen LogP contribution in [-0.2, 0) is 4.74 Å². The molecular weight excluding hydrogens is 406 g/mol. The normalized spacial score (nSPS) is 14.6. The highest BCUT2D eigenvalue weighted by Crippen LogP contribution is 2.22. The molecule has 1 aromatic heterocycles. The van der Waals surface area contributed by atoms with Gasteiger partial charge in [-0.05, 0) is 43.2 Å². The summed E-state index contributed by atoms with van der Waals surface area (Å²) in [6.45, 7) is 11.2. The number of hydrogen-bond acceptors (Lipinski definition) is 8. The third-order valence-electron chi connectivity index (χ3n) is 5.18. The van der Waals surface area contributed by atoms with Crippen molar-refractivity contribution in [3.63, 3.8) is 0 Å². The minimum absolute atomic E-state index is 0.222. The molecule has 0 saturated carbocycles. The van der Waals surface area contributed by atoms with Gasteiger partial charge in [0.2, 0.25) is 5.88 Å². The lowest BCUT2D eigenvalue weighted by Gasteiger charge is -2.26. The minimum Gasteiger partial charge on any atom is -0.508 e. The molecule has 0 amide bonds. The van der Waals surface area contributed by atoms with Crippen molar-refractivity contribution in [2.45, 2.75) is 26.7 Å². The number of pyridine rings is 1. The Bertz CT molecular complexity index is 832. The molecule has 8 heteroatoms. The van der Waals surface area contributed by atoms with Gasteiger partial charge in [0.1, 0.15) is 12.4 Å². The highest BCUT2D eigenvalue weighted by Gasteiger charge is 2.12. The first-order valence-electron chi connectivity index (χ1n) is 11.5. The van der Waals surface area contributed by atoms with Gasteiger partial charge in [-0.1, -0.05) is 13.8 Å². The molecule has 1 aromatic carbocycles. The molecule has 0 radical (unpaired) electrons. The Morgan fingerprint density at radius 1 is 1.16 bits per heavy atom. The predicted octanol–water partition coefficient (Wildman–Crippen LogP) is 3.57. The van der Waals surface area contributed by atoms with Gasteiger partial charge in [0, 0.05) is 44.5 Å². The zero-order valence-corrected chi connectivity index (χ0v) is 19.2. The molecule has 3 rings (SSSR count). The van der Waals surface area contributed by atoms with Crippen LogP contribution in [0, 0.1) is 0 Å². The van der Waals surface area contributed by atoms with E-state index < -0.39 is 0 Å². The number of nitrogens with one attached hydrogen (secondary N) is 1. The maximum absolute atomic E-state index is 9.41. The van der Waals surface area contributed by atoms with Crippen molar-refractivity contribution >= 4 is 17.6 Å². The highest BCUT2D eigenvalue weighted by molar-refractivity contribution is 5.80. The molecule has 8 nitrogen and oxygen atoms in total. The van der Waals surface area contributed by atoms with Crippen LogP contribution >= 0.6 is 0 Å². The zero-order chi connectivity index (χ0) is 22.6. The molecule has 1 aliphatic heterocycles. The van der Waals surface area contributed by atoms with Crippen molar-refractivity contribution in [3.8, 4) is 11.6 Å². The molecule has 2 aromatic rings. The minimum atomic E-state index is 0.222. The molecule has 0 spiro atoms. The molecule has 0 aliphatic carbocycles.